The van der Waals surface area contributed by atoms with Crippen LogP contribution in [0.5, 0.6) is 0 Å². The number of urea groups is 1. The molecule has 0 aromatic heterocycles. The van der Waals surface area contributed by atoms with Gasteiger partial charge in [0.15, 0.2) is 0 Å². The Morgan fingerprint density at radius 2 is 1.57 bits per heavy atom. The maximum atomic E-state index is 12.9. The third-order valence-corrected chi connectivity index (χ3v) is 3.46. The van der Waals surface area contributed by atoms with Crippen molar-refractivity contribution in [2.24, 2.45) is 0 Å². The molecule has 0 saturated carbocycles. The summed E-state index contributed by atoms with van der Waals surface area (Å²) in [6, 6.07) is 3.03. The van der Waals surface area contributed by atoms with Gasteiger partial charge < -0.3 is 10.6 Å². The highest BCUT2D eigenvalue weighted by Crippen LogP contribution is 2.45. The molecule has 0 radical (unpaired) electrons. The maximum absolute atomic E-state index is 12.9. The lowest BCUT2D eigenvalue weighted by atomic mass is 9.94. The number of benzene rings is 1. The van der Waals surface area contributed by atoms with Gasteiger partial charge in [0.05, 0.1) is 0 Å². The van der Waals surface area contributed by atoms with E-state index in [1.165, 1.54) is 6.07 Å². The average molecular weight is 342 g/mol. The number of carbonyl (C=O) groups is 1. The zero-order chi connectivity index (χ0) is 18.1. The Bertz CT molecular complexity index is 566. The van der Waals surface area contributed by atoms with Crippen LogP contribution in [0.15, 0.2) is 18.2 Å². The Hall–Kier alpha value is -1.93. The molecule has 1 aromatic carbocycles. The summed E-state index contributed by atoms with van der Waals surface area (Å²) in [5.41, 5.74) is -2.83. The highest BCUT2D eigenvalue weighted by molar-refractivity contribution is 5.90. The summed E-state index contributed by atoms with van der Waals surface area (Å²) in [6.45, 7) is 4.04. The average Bonchev–Trinajstić information content (AvgIpc) is 2.36. The molecule has 3 nitrogen and oxygen atoms in total. The lowest BCUT2D eigenvalue weighted by Gasteiger charge is -2.37. The smallest absolute Gasteiger partial charge is 0.316 e. The fourth-order valence-electron chi connectivity index (χ4n) is 2.09. The number of hydrogen-bond acceptors (Lipinski definition) is 1. The molecule has 0 spiro atoms. The molecule has 2 N–H and O–H groups in total. The molecule has 130 valence electrons. The molecule has 0 saturated heterocycles. The summed E-state index contributed by atoms with van der Waals surface area (Å²) in [5, 5.41) is 3.07. The van der Waals surface area contributed by atoms with Crippen LogP contribution in [0.25, 0.3) is 0 Å². The van der Waals surface area contributed by atoms with Crippen molar-refractivity contribution in [3.8, 4) is 0 Å². The summed E-state index contributed by atoms with van der Waals surface area (Å²) < 4.78 is 77.6. The van der Waals surface area contributed by atoms with Crippen molar-refractivity contribution in [1.82, 2.24) is 5.32 Å². The molecule has 1 aromatic rings. The van der Waals surface area contributed by atoms with Crippen molar-refractivity contribution in [3.05, 3.63) is 29.3 Å². The zero-order valence-electron chi connectivity index (χ0n) is 12.6. The Morgan fingerprint density at radius 1 is 1.04 bits per heavy atom. The Labute approximate surface area is 129 Å². The molecule has 0 atom stereocenters. The molecule has 2 amide bonds. The van der Waals surface area contributed by atoms with Crippen LogP contribution in [0.2, 0.25) is 0 Å². The second-order valence-electron chi connectivity index (χ2n) is 5.15. The summed E-state index contributed by atoms with van der Waals surface area (Å²) in [6.07, 6.45) is -12.7. The largest absolute Gasteiger partial charge is 0.420 e. The monoisotopic (exact) mass is 342 g/mol. The summed E-state index contributed by atoms with van der Waals surface area (Å²) in [7, 11) is 0. The van der Waals surface area contributed by atoms with Crippen molar-refractivity contribution in [2.75, 3.05) is 5.32 Å². The van der Waals surface area contributed by atoms with Crippen LogP contribution < -0.4 is 10.6 Å². The van der Waals surface area contributed by atoms with Crippen LogP contribution in [0.3, 0.4) is 0 Å². The minimum absolute atomic E-state index is 0.127. The van der Waals surface area contributed by atoms with Gasteiger partial charge in [-0.3, -0.25) is 0 Å². The van der Waals surface area contributed by atoms with E-state index in [-0.39, 0.29) is 5.69 Å². The predicted molar refractivity (Wildman–Crippen MR) is 73.2 cm³/mol. The van der Waals surface area contributed by atoms with Gasteiger partial charge in [-0.25, -0.2) is 4.79 Å². The van der Waals surface area contributed by atoms with Gasteiger partial charge in [-0.05, 0) is 31.9 Å². The first-order valence-electron chi connectivity index (χ1n) is 6.64. The van der Waals surface area contributed by atoms with Gasteiger partial charge in [0, 0.05) is 5.69 Å². The summed E-state index contributed by atoms with van der Waals surface area (Å²) in [5.74, 6) is 0. The Kier molecular flexibility index (Phi) is 5.23. The number of amides is 2. The van der Waals surface area contributed by atoms with E-state index < -0.39 is 30.3 Å². The van der Waals surface area contributed by atoms with E-state index in [1.807, 2.05) is 5.32 Å². The number of nitrogens with one attached hydrogen (secondary N) is 2. The molecule has 0 aliphatic heterocycles. The van der Waals surface area contributed by atoms with Crippen molar-refractivity contribution >= 4 is 11.7 Å². The molecular formula is C14H16F6N2O. The maximum Gasteiger partial charge on any atom is 0.420 e. The molecule has 9 heteroatoms. The fourth-order valence-corrected chi connectivity index (χ4v) is 2.09. The molecule has 0 heterocycles. The Morgan fingerprint density at radius 3 is 1.96 bits per heavy atom. The first-order chi connectivity index (χ1) is 10.3. The van der Waals surface area contributed by atoms with Gasteiger partial charge in [-0.1, -0.05) is 24.6 Å². The number of hydrogen-bond donors (Lipinski definition) is 2. The number of alkyl halides is 6. The van der Waals surface area contributed by atoms with E-state index in [0.29, 0.717) is 12.5 Å². The van der Waals surface area contributed by atoms with Crippen molar-refractivity contribution in [2.45, 2.75) is 45.1 Å². The van der Waals surface area contributed by atoms with Gasteiger partial charge in [0.25, 0.3) is 0 Å². The van der Waals surface area contributed by atoms with Gasteiger partial charge in [-0.2, -0.15) is 26.3 Å². The number of rotatable bonds is 3. The normalized spacial score (nSPS) is 12.9. The van der Waals surface area contributed by atoms with E-state index in [1.54, 1.807) is 26.0 Å². The van der Waals surface area contributed by atoms with Crippen LogP contribution in [-0.2, 0) is 0 Å². The second-order valence-corrected chi connectivity index (χ2v) is 5.15. The first-order valence-corrected chi connectivity index (χ1v) is 6.64. The van der Waals surface area contributed by atoms with Crippen molar-refractivity contribution in [1.29, 1.82) is 0 Å². The highest BCUT2D eigenvalue weighted by atomic mass is 19.4. The van der Waals surface area contributed by atoms with E-state index in [2.05, 4.69) is 0 Å². The highest BCUT2D eigenvalue weighted by Gasteiger charge is 2.70. The van der Waals surface area contributed by atoms with Crippen molar-refractivity contribution in [3.63, 3.8) is 0 Å². The van der Waals surface area contributed by atoms with Crippen LogP contribution in [0, 0.1) is 13.8 Å². The number of carbonyl (C=O) groups excluding carboxylic acids is 1. The van der Waals surface area contributed by atoms with E-state index in [9.17, 15) is 31.1 Å². The molecule has 1 rings (SSSR count). The number of anilines is 1. The zero-order valence-corrected chi connectivity index (χ0v) is 12.6. The molecule has 0 fully saturated rings. The predicted octanol–water partition coefficient (Wildman–Crippen LogP) is 4.70. The minimum Gasteiger partial charge on any atom is -0.316 e. The lowest BCUT2D eigenvalue weighted by molar-refractivity contribution is -0.304. The third kappa shape index (κ3) is 3.89. The van der Waals surface area contributed by atoms with Crippen LogP contribution >= 0.6 is 0 Å². The van der Waals surface area contributed by atoms with Gasteiger partial charge in [-0.15, -0.1) is 0 Å². The van der Waals surface area contributed by atoms with Crippen molar-refractivity contribution < 1.29 is 31.1 Å². The van der Waals surface area contributed by atoms with E-state index in [4.69, 9.17) is 0 Å². The number of aryl methyl sites for hydroxylation is 2. The van der Waals surface area contributed by atoms with Gasteiger partial charge in [0.2, 0.25) is 5.54 Å². The Balaban J connectivity index is 3.07. The molecule has 23 heavy (non-hydrogen) atoms. The van der Waals surface area contributed by atoms with Gasteiger partial charge in [0.1, 0.15) is 0 Å². The van der Waals surface area contributed by atoms with E-state index >= 15 is 0 Å². The van der Waals surface area contributed by atoms with Crippen LogP contribution in [0.1, 0.15) is 24.5 Å². The number of halogens is 6. The standard InChI is InChI=1S/C14H16F6N2O/c1-4-12(13(15,16)17,14(18,19)20)22-11(23)21-10-6-5-8(2)7-9(10)3/h5-7H,4H2,1-3H3,(H2,21,22,23). The summed E-state index contributed by atoms with van der Waals surface area (Å²) >= 11 is 0. The third-order valence-electron chi connectivity index (χ3n) is 3.46. The van der Waals surface area contributed by atoms with Gasteiger partial charge >= 0.3 is 18.4 Å². The molecule has 0 unspecified atom stereocenters. The molecule has 0 aliphatic rings. The first kappa shape index (κ1) is 19.1. The molecule has 0 bridgehead atoms. The fraction of sp³-hybridized carbons (Fsp3) is 0.500. The van der Waals surface area contributed by atoms with Crippen LogP contribution in [0.4, 0.5) is 36.8 Å². The molecular weight excluding hydrogens is 326 g/mol. The molecule has 0 aliphatic carbocycles. The lowest BCUT2D eigenvalue weighted by Crippen LogP contribution is -2.67. The summed E-state index contributed by atoms with van der Waals surface area (Å²) in [4.78, 5) is 11.7. The van der Waals surface area contributed by atoms with Crippen LogP contribution in [-0.4, -0.2) is 23.9 Å². The quantitative estimate of drug-likeness (QED) is 0.768. The SMILES string of the molecule is CCC(NC(=O)Nc1ccc(C)cc1C)(C(F)(F)F)C(F)(F)F. The topological polar surface area (TPSA) is 41.1 Å². The second kappa shape index (κ2) is 6.29. The minimum atomic E-state index is -5.68. The van der Waals surface area contributed by atoms with E-state index in [0.717, 1.165) is 10.9 Å².